The van der Waals surface area contributed by atoms with Gasteiger partial charge >= 0.3 is 6.03 Å². The summed E-state index contributed by atoms with van der Waals surface area (Å²) in [6.07, 6.45) is 6.11. The first-order valence-electron chi connectivity index (χ1n) is 9.84. The molecule has 1 atom stereocenters. The van der Waals surface area contributed by atoms with E-state index in [0.717, 1.165) is 41.3 Å². The van der Waals surface area contributed by atoms with Crippen molar-refractivity contribution >= 4 is 33.4 Å². The van der Waals surface area contributed by atoms with E-state index in [9.17, 15) is 9.59 Å². The van der Waals surface area contributed by atoms with E-state index in [1.165, 1.54) is 6.42 Å². The van der Waals surface area contributed by atoms with Crippen LogP contribution in [0.1, 0.15) is 44.1 Å². The minimum Gasteiger partial charge on any atom is -0.353 e. The Balaban J connectivity index is 1.68. The number of hydrogen-bond donors (Lipinski definition) is 3. The SMILES string of the molecule is N#CCCNC(=O)C(Cc1csc2ccccc12)NC(=O)NC1CCCCC1. The van der Waals surface area contributed by atoms with Crippen molar-refractivity contribution in [2.75, 3.05) is 6.54 Å². The summed E-state index contributed by atoms with van der Waals surface area (Å²) >= 11 is 1.63. The number of carbonyl (C=O) groups is 2. The highest BCUT2D eigenvalue weighted by molar-refractivity contribution is 7.17. The maximum absolute atomic E-state index is 12.6. The topological polar surface area (TPSA) is 94.0 Å². The maximum Gasteiger partial charge on any atom is 0.315 e. The molecule has 0 spiro atoms. The number of nitrogens with one attached hydrogen (secondary N) is 3. The molecule has 0 radical (unpaired) electrons. The third kappa shape index (κ3) is 5.46. The number of nitriles is 1. The highest BCUT2D eigenvalue weighted by Crippen LogP contribution is 2.26. The molecule has 1 unspecified atom stereocenters. The minimum atomic E-state index is -0.680. The van der Waals surface area contributed by atoms with Crippen molar-refractivity contribution in [2.24, 2.45) is 0 Å². The van der Waals surface area contributed by atoms with Crippen molar-refractivity contribution in [2.45, 2.75) is 57.0 Å². The van der Waals surface area contributed by atoms with Crippen LogP contribution in [0.25, 0.3) is 10.1 Å². The Kier molecular flexibility index (Phi) is 7.26. The second-order valence-corrected chi connectivity index (χ2v) is 8.08. The van der Waals surface area contributed by atoms with Crippen LogP contribution in [0.15, 0.2) is 29.6 Å². The average Bonchev–Trinajstić information content (AvgIpc) is 3.11. The third-order valence-electron chi connectivity index (χ3n) is 5.08. The van der Waals surface area contributed by atoms with Crippen molar-refractivity contribution in [3.8, 4) is 6.07 Å². The van der Waals surface area contributed by atoms with Gasteiger partial charge in [0.2, 0.25) is 5.91 Å². The lowest BCUT2D eigenvalue weighted by Gasteiger charge is -2.25. The lowest BCUT2D eigenvalue weighted by atomic mass is 9.96. The second-order valence-electron chi connectivity index (χ2n) is 7.17. The monoisotopic (exact) mass is 398 g/mol. The van der Waals surface area contributed by atoms with Crippen LogP contribution in [0.2, 0.25) is 0 Å². The van der Waals surface area contributed by atoms with Gasteiger partial charge in [-0.1, -0.05) is 37.5 Å². The third-order valence-corrected chi connectivity index (χ3v) is 6.10. The molecular formula is C21H26N4O2S. The molecule has 3 rings (SSSR count). The molecule has 1 aliphatic carbocycles. The molecular weight excluding hydrogens is 372 g/mol. The van der Waals surface area contributed by atoms with E-state index < -0.39 is 6.04 Å². The van der Waals surface area contributed by atoms with Crippen LogP contribution in [0, 0.1) is 11.3 Å². The molecule has 1 heterocycles. The van der Waals surface area contributed by atoms with Crippen LogP contribution in [-0.4, -0.2) is 30.6 Å². The smallest absolute Gasteiger partial charge is 0.315 e. The molecule has 1 aromatic heterocycles. The molecule has 3 amide bonds. The molecule has 6 nitrogen and oxygen atoms in total. The van der Waals surface area contributed by atoms with E-state index in [2.05, 4.69) is 22.0 Å². The van der Waals surface area contributed by atoms with Gasteiger partial charge in [0.05, 0.1) is 12.5 Å². The maximum atomic E-state index is 12.6. The highest BCUT2D eigenvalue weighted by atomic mass is 32.1. The Morgan fingerprint density at radius 1 is 1.21 bits per heavy atom. The summed E-state index contributed by atoms with van der Waals surface area (Å²) in [5.41, 5.74) is 1.04. The number of benzene rings is 1. The first-order chi connectivity index (χ1) is 13.7. The van der Waals surface area contributed by atoms with E-state index in [4.69, 9.17) is 5.26 Å². The standard InChI is InChI=1S/C21H26N4O2S/c22-11-6-12-23-20(26)18(25-21(27)24-16-7-2-1-3-8-16)13-15-14-28-19-10-5-4-9-17(15)19/h4-5,9-10,14,16,18H,1-3,6-8,12-13H2,(H,23,26)(H2,24,25,27). The summed E-state index contributed by atoms with van der Waals surface area (Å²) in [6.45, 7) is 0.280. The van der Waals surface area contributed by atoms with E-state index >= 15 is 0 Å². The Hall–Kier alpha value is -2.59. The molecule has 1 aromatic carbocycles. The Morgan fingerprint density at radius 3 is 2.79 bits per heavy atom. The van der Waals surface area contributed by atoms with Gasteiger partial charge in [-0.25, -0.2) is 4.79 Å². The van der Waals surface area contributed by atoms with Crippen molar-refractivity contribution in [1.82, 2.24) is 16.0 Å². The lowest BCUT2D eigenvalue weighted by Crippen LogP contribution is -2.53. The number of nitrogens with zero attached hydrogens (tertiary/aromatic N) is 1. The van der Waals surface area contributed by atoms with Gasteiger partial charge < -0.3 is 16.0 Å². The lowest BCUT2D eigenvalue weighted by molar-refractivity contribution is -0.122. The predicted molar refractivity (Wildman–Crippen MR) is 111 cm³/mol. The van der Waals surface area contributed by atoms with Crippen LogP contribution in [0.3, 0.4) is 0 Å². The second kappa shape index (κ2) is 10.1. The Labute approximate surface area is 169 Å². The highest BCUT2D eigenvalue weighted by Gasteiger charge is 2.24. The zero-order valence-electron chi connectivity index (χ0n) is 15.9. The summed E-state index contributed by atoms with van der Waals surface area (Å²) in [7, 11) is 0. The van der Waals surface area contributed by atoms with Gasteiger partial charge in [0.15, 0.2) is 0 Å². The normalized spacial score (nSPS) is 15.5. The summed E-state index contributed by atoms with van der Waals surface area (Å²) in [5, 5.41) is 20.5. The van der Waals surface area contributed by atoms with Gasteiger partial charge in [0, 0.05) is 23.7 Å². The molecule has 1 saturated carbocycles. The van der Waals surface area contributed by atoms with Gasteiger partial charge in [-0.3, -0.25) is 4.79 Å². The number of amides is 3. The number of carbonyl (C=O) groups excluding carboxylic acids is 2. The molecule has 2 aromatic rings. The minimum absolute atomic E-state index is 0.179. The van der Waals surface area contributed by atoms with Crippen molar-refractivity contribution in [3.63, 3.8) is 0 Å². The van der Waals surface area contributed by atoms with E-state index in [1.807, 2.05) is 29.6 Å². The number of urea groups is 1. The van der Waals surface area contributed by atoms with Crippen LogP contribution < -0.4 is 16.0 Å². The zero-order valence-corrected chi connectivity index (χ0v) is 16.7. The van der Waals surface area contributed by atoms with Crippen molar-refractivity contribution in [1.29, 1.82) is 5.26 Å². The predicted octanol–water partition coefficient (Wildman–Crippen LogP) is 3.47. The first kappa shape index (κ1) is 20.2. The van der Waals surface area contributed by atoms with Crippen LogP contribution >= 0.6 is 11.3 Å². The van der Waals surface area contributed by atoms with Crippen molar-refractivity contribution < 1.29 is 9.59 Å². The molecule has 0 aliphatic heterocycles. The first-order valence-corrected chi connectivity index (χ1v) is 10.7. The fourth-order valence-electron chi connectivity index (χ4n) is 3.62. The molecule has 3 N–H and O–H groups in total. The summed E-state index contributed by atoms with van der Waals surface area (Å²) in [6, 6.07) is 9.27. The van der Waals surface area contributed by atoms with Gasteiger partial charge in [0.1, 0.15) is 6.04 Å². The van der Waals surface area contributed by atoms with Gasteiger partial charge in [0.25, 0.3) is 0 Å². The van der Waals surface area contributed by atoms with Gasteiger partial charge in [-0.2, -0.15) is 5.26 Å². The Bertz CT molecular complexity index is 851. The largest absolute Gasteiger partial charge is 0.353 e. The Morgan fingerprint density at radius 2 is 2.00 bits per heavy atom. The average molecular weight is 399 g/mol. The number of thiophene rings is 1. The molecule has 7 heteroatoms. The molecule has 1 fully saturated rings. The summed E-state index contributed by atoms with van der Waals surface area (Å²) < 4.78 is 1.16. The van der Waals surface area contributed by atoms with E-state index in [1.54, 1.807) is 11.3 Å². The quantitative estimate of drug-likeness (QED) is 0.623. The van der Waals surface area contributed by atoms with E-state index in [-0.39, 0.29) is 30.9 Å². The zero-order chi connectivity index (χ0) is 19.8. The fourth-order valence-corrected chi connectivity index (χ4v) is 4.59. The molecule has 148 valence electrons. The number of rotatable bonds is 7. The molecule has 1 aliphatic rings. The van der Waals surface area contributed by atoms with Gasteiger partial charge in [-0.05, 0) is 35.2 Å². The van der Waals surface area contributed by atoms with Crippen LogP contribution in [-0.2, 0) is 11.2 Å². The summed E-state index contributed by atoms with van der Waals surface area (Å²) in [5.74, 6) is -0.260. The molecule has 0 bridgehead atoms. The molecule has 28 heavy (non-hydrogen) atoms. The van der Waals surface area contributed by atoms with Crippen LogP contribution in [0.4, 0.5) is 4.79 Å². The van der Waals surface area contributed by atoms with Gasteiger partial charge in [-0.15, -0.1) is 11.3 Å². The summed E-state index contributed by atoms with van der Waals surface area (Å²) in [4.78, 5) is 25.1. The van der Waals surface area contributed by atoms with Crippen LogP contribution in [0.5, 0.6) is 0 Å². The number of hydrogen-bond acceptors (Lipinski definition) is 4. The van der Waals surface area contributed by atoms with Crippen molar-refractivity contribution in [3.05, 3.63) is 35.2 Å². The van der Waals surface area contributed by atoms with E-state index in [0.29, 0.717) is 6.42 Å². The fraction of sp³-hybridized carbons (Fsp3) is 0.476. The number of fused-ring (bicyclic) bond motifs is 1. The molecule has 0 saturated heterocycles.